The number of ether oxygens (including phenoxy) is 1. The molecule has 0 aliphatic rings. The summed E-state index contributed by atoms with van der Waals surface area (Å²) in [6.45, 7) is -0.0875. The predicted octanol–water partition coefficient (Wildman–Crippen LogP) is 4.48. The van der Waals surface area contributed by atoms with Gasteiger partial charge in [-0.25, -0.2) is 13.4 Å². The van der Waals surface area contributed by atoms with E-state index in [-0.39, 0.29) is 29.4 Å². The van der Waals surface area contributed by atoms with Gasteiger partial charge in [-0.3, -0.25) is 4.79 Å². The highest BCUT2D eigenvalue weighted by molar-refractivity contribution is 7.89. The van der Waals surface area contributed by atoms with Crippen molar-refractivity contribution in [2.45, 2.75) is 18.0 Å². The Balaban J connectivity index is 1.64. The topological polar surface area (TPSA) is 92.4 Å². The third-order valence-electron chi connectivity index (χ3n) is 5.89. The Bertz CT molecular complexity index is 1690. The van der Waals surface area contributed by atoms with Crippen molar-refractivity contribution in [2.24, 2.45) is 0 Å². The maximum absolute atomic E-state index is 14.1. The molecule has 5 rings (SSSR count). The molecule has 0 atom stereocenters. The van der Waals surface area contributed by atoms with Crippen molar-refractivity contribution in [1.29, 1.82) is 0 Å². The van der Waals surface area contributed by atoms with E-state index in [2.05, 4.69) is 9.97 Å². The molecule has 0 aliphatic carbocycles. The van der Waals surface area contributed by atoms with Gasteiger partial charge in [0.05, 0.1) is 29.5 Å². The second kappa shape index (κ2) is 9.32. The average molecular weight is 486 g/mol. The number of methoxy groups -OCH3 is 1. The minimum Gasteiger partial charge on any atom is -0.496 e. The number of rotatable bonds is 7. The lowest BCUT2D eigenvalue weighted by Crippen LogP contribution is -2.32. The van der Waals surface area contributed by atoms with Gasteiger partial charge in [0.25, 0.3) is 5.56 Å². The lowest BCUT2D eigenvalue weighted by molar-refractivity contribution is 0.371. The van der Waals surface area contributed by atoms with Crippen molar-refractivity contribution >= 4 is 31.7 Å². The highest BCUT2D eigenvalue weighted by Crippen LogP contribution is 2.29. The first kappa shape index (κ1) is 22.8. The normalized spacial score (nSPS) is 11.8. The molecule has 0 radical (unpaired) electrons. The van der Waals surface area contributed by atoms with E-state index in [1.54, 1.807) is 55.6 Å². The van der Waals surface area contributed by atoms with Crippen LogP contribution >= 0.6 is 0 Å². The van der Waals surface area contributed by atoms with Gasteiger partial charge in [-0.1, -0.05) is 66.7 Å². The van der Waals surface area contributed by atoms with E-state index in [0.29, 0.717) is 27.6 Å². The van der Waals surface area contributed by atoms with Crippen LogP contribution in [0.2, 0.25) is 0 Å². The highest BCUT2D eigenvalue weighted by Gasteiger charge is 2.28. The third kappa shape index (κ3) is 4.41. The Morgan fingerprint density at radius 3 is 2.34 bits per heavy atom. The third-order valence-corrected chi connectivity index (χ3v) is 7.74. The number of nitrogens with zero attached hydrogens (tertiary/aromatic N) is 2. The molecular formula is C27H23N3O4S. The zero-order valence-electron chi connectivity index (χ0n) is 19.0. The van der Waals surface area contributed by atoms with E-state index >= 15 is 0 Å². The molecule has 176 valence electrons. The van der Waals surface area contributed by atoms with Crippen LogP contribution < -0.4 is 10.3 Å². The van der Waals surface area contributed by atoms with Gasteiger partial charge < -0.3 is 9.72 Å². The molecule has 0 fully saturated rings. The Kier molecular flexibility index (Phi) is 6.07. The molecule has 1 aromatic heterocycles. The first-order chi connectivity index (χ1) is 17.0. The van der Waals surface area contributed by atoms with Crippen LogP contribution in [0.25, 0.3) is 21.7 Å². The minimum absolute atomic E-state index is 0.0338. The molecule has 7 nitrogen and oxygen atoms in total. The van der Waals surface area contributed by atoms with Crippen LogP contribution in [-0.4, -0.2) is 29.8 Å². The first-order valence-electron chi connectivity index (χ1n) is 11.0. The van der Waals surface area contributed by atoms with E-state index in [9.17, 15) is 13.2 Å². The molecule has 1 heterocycles. The summed E-state index contributed by atoms with van der Waals surface area (Å²) in [6.07, 6.45) is 0. The second-order valence-corrected chi connectivity index (χ2v) is 10.00. The summed E-state index contributed by atoms with van der Waals surface area (Å²) in [7, 11) is -2.45. The number of fused-ring (bicyclic) bond motifs is 2. The zero-order chi connectivity index (χ0) is 24.4. The summed E-state index contributed by atoms with van der Waals surface area (Å²) in [5.74, 6) is 0.831. The fourth-order valence-corrected chi connectivity index (χ4v) is 5.78. The van der Waals surface area contributed by atoms with Crippen LogP contribution in [0.4, 0.5) is 0 Å². The Morgan fingerprint density at radius 2 is 1.51 bits per heavy atom. The molecule has 0 aliphatic heterocycles. The molecule has 8 heteroatoms. The largest absolute Gasteiger partial charge is 0.496 e. The number of H-pyrrole nitrogens is 1. The molecule has 5 aromatic rings. The van der Waals surface area contributed by atoms with Gasteiger partial charge in [0.2, 0.25) is 10.0 Å². The van der Waals surface area contributed by atoms with Crippen molar-refractivity contribution < 1.29 is 13.2 Å². The smallest absolute Gasteiger partial charge is 0.258 e. The van der Waals surface area contributed by atoms with Gasteiger partial charge in [0.1, 0.15) is 11.6 Å². The van der Waals surface area contributed by atoms with E-state index in [1.165, 1.54) is 4.31 Å². The number of sulfonamides is 1. The van der Waals surface area contributed by atoms with Crippen molar-refractivity contribution in [1.82, 2.24) is 14.3 Å². The minimum atomic E-state index is -4.00. The van der Waals surface area contributed by atoms with Crippen LogP contribution in [-0.2, 0) is 23.1 Å². The van der Waals surface area contributed by atoms with Gasteiger partial charge >= 0.3 is 0 Å². The molecule has 0 bridgehead atoms. The second-order valence-electron chi connectivity index (χ2n) is 8.09. The molecule has 0 spiro atoms. The number of hydrogen-bond acceptors (Lipinski definition) is 5. The molecule has 0 saturated heterocycles. The number of hydrogen-bond donors (Lipinski definition) is 1. The maximum Gasteiger partial charge on any atom is 0.258 e. The Hall–Kier alpha value is -4.01. The predicted molar refractivity (Wildman–Crippen MR) is 136 cm³/mol. The van der Waals surface area contributed by atoms with Gasteiger partial charge in [0.15, 0.2) is 0 Å². The fraction of sp³-hybridized carbons (Fsp3) is 0.111. The number of nitrogens with one attached hydrogen (secondary N) is 1. The molecule has 0 saturated carbocycles. The van der Waals surface area contributed by atoms with E-state index in [4.69, 9.17) is 4.74 Å². The van der Waals surface area contributed by atoms with Crippen LogP contribution in [0, 0.1) is 0 Å². The Labute approximate surface area is 202 Å². The standard InChI is InChI=1S/C27H23N3O4S/c1-34-24-15-7-3-10-20(24)17-30(18-26-28-23-14-6-5-13-22(23)27(31)29-26)35(32,33)25-16-8-11-19-9-2-4-12-21(19)25/h2-16H,17-18H2,1H3,(H,28,29,31). The van der Waals surface area contributed by atoms with Crippen molar-refractivity contribution in [3.05, 3.63) is 113 Å². The summed E-state index contributed by atoms with van der Waals surface area (Å²) >= 11 is 0. The SMILES string of the molecule is COc1ccccc1CN(Cc1nc2ccccc2c(=O)[nH]1)S(=O)(=O)c1cccc2ccccc12. The van der Waals surface area contributed by atoms with Crippen LogP contribution in [0.5, 0.6) is 5.75 Å². The summed E-state index contributed by atoms with van der Waals surface area (Å²) in [5, 5.41) is 1.90. The Morgan fingerprint density at radius 1 is 0.829 bits per heavy atom. The monoisotopic (exact) mass is 485 g/mol. The molecule has 4 aromatic carbocycles. The maximum atomic E-state index is 14.1. The lowest BCUT2D eigenvalue weighted by Gasteiger charge is -2.23. The summed E-state index contributed by atoms with van der Waals surface area (Å²) in [6, 6.07) is 26.8. The van der Waals surface area contributed by atoms with Gasteiger partial charge in [-0.2, -0.15) is 4.31 Å². The molecular weight excluding hydrogens is 462 g/mol. The van der Waals surface area contributed by atoms with Gasteiger partial charge in [-0.15, -0.1) is 0 Å². The molecule has 1 N–H and O–H groups in total. The highest BCUT2D eigenvalue weighted by atomic mass is 32.2. The van der Waals surface area contributed by atoms with E-state index in [1.807, 2.05) is 42.5 Å². The summed E-state index contributed by atoms with van der Waals surface area (Å²) in [4.78, 5) is 20.1. The van der Waals surface area contributed by atoms with Gasteiger partial charge in [0, 0.05) is 17.5 Å². The number of benzene rings is 4. The number of aromatic amines is 1. The van der Waals surface area contributed by atoms with E-state index < -0.39 is 10.0 Å². The molecule has 35 heavy (non-hydrogen) atoms. The van der Waals surface area contributed by atoms with Crippen molar-refractivity contribution in [3.63, 3.8) is 0 Å². The lowest BCUT2D eigenvalue weighted by atomic mass is 10.1. The first-order valence-corrected chi connectivity index (χ1v) is 12.5. The van der Waals surface area contributed by atoms with E-state index in [0.717, 1.165) is 5.39 Å². The summed E-state index contributed by atoms with van der Waals surface area (Å²) < 4.78 is 34.9. The van der Waals surface area contributed by atoms with Crippen LogP contribution in [0.1, 0.15) is 11.4 Å². The number of aromatic nitrogens is 2. The molecule has 0 amide bonds. The molecule has 0 unspecified atom stereocenters. The summed E-state index contributed by atoms with van der Waals surface area (Å²) in [5.41, 5.74) is 0.887. The van der Waals surface area contributed by atoms with Crippen molar-refractivity contribution in [2.75, 3.05) is 7.11 Å². The average Bonchev–Trinajstić information content (AvgIpc) is 2.88. The number of para-hydroxylation sites is 2. The van der Waals surface area contributed by atoms with Crippen LogP contribution in [0.3, 0.4) is 0 Å². The fourth-order valence-electron chi connectivity index (χ4n) is 4.19. The van der Waals surface area contributed by atoms with Gasteiger partial charge in [-0.05, 0) is 29.7 Å². The zero-order valence-corrected chi connectivity index (χ0v) is 19.8. The van der Waals surface area contributed by atoms with Crippen molar-refractivity contribution in [3.8, 4) is 5.75 Å². The quantitative estimate of drug-likeness (QED) is 0.367. The van der Waals surface area contributed by atoms with Crippen LogP contribution in [0.15, 0.2) is 101 Å².